The summed E-state index contributed by atoms with van der Waals surface area (Å²) in [5, 5.41) is 19.0. The van der Waals surface area contributed by atoms with Crippen molar-refractivity contribution in [2.75, 3.05) is 38.0 Å². The highest BCUT2D eigenvalue weighted by molar-refractivity contribution is 7.89. The molecule has 4 aliphatic heterocycles. The van der Waals surface area contributed by atoms with Gasteiger partial charge in [-0.1, -0.05) is 30.3 Å². The molecule has 49 heavy (non-hydrogen) atoms. The molecule has 2 aromatic rings. The second kappa shape index (κ2) is 14.9. The maximum atomic E-state index is 13.7. The van der Waals surface area contributed by atoms with Crippen molar-refractivity contribution in [2.45, 2.75) is 61.9 Å². The summed E-state index contributed by atoms with van der Waals surface area (Å²) >= 11 is 0. The van der Waals surface area contributed by atoms with Crippen molar-refractivity contribution >= 4 is 51.1 Å². The summed E-state index contributed by atoms with van der Waals surface area (Å²) < 4.78 is 28.7. The number of piperidine rings is 2. The van der Waals surface area contributed by atoms with Crippen LogP contribution in [0.4, 0.5) is 5.69 Å². The van der Waals surface area contributed by atoms with Gasteiger partial charge in [-0.2, -0.15) is 4.31 Å². The molecule has 0 radical (unpaired) electrons. The number of aliphatic carboxylic acids is 1. The van der Waals surface area contributed by atoms with E-state index in [0.29, 0.717) is 62.5 Å². The highest BCUT2D eigenvalue weighted by Gasteiger charge is 2.51. The molecule has 7 rings (SSSR count). The fourth-order valence-electron chi connectivity index (χ4n) is 7.10. The van der Waals surface area contributed by atoms with E-state index >= 15 is 0 Å². The number of rotatable bonds is 13. The second-order valence-electron chi connectivity index (χ2n) is 12.8. The van der Waals surface area contributed by atoms with Gasteiger partial charge in [0.05, 0.1) is 29.9 Å². The molecule has 5 aliphatic rings. The maximum Gasteiger partial charge on any atom is 0.308 e. The van der Waals surface area contributed by atoms with Gasteiger partial charge in [0.25, 0.3) is 0 Å². The molecule has 260 valence electrons. The van der Waals surface area contributed by atoms with Crippen LogP contribution in [0.25, 0.3) is 0 Å². The number of amides is 1. The van der Waals surface area contributed by atoms with Crippen LogP contribution in [0, 0.1) is 11.8 Å². The van der Waals surface area contributed by atoms with E-state index in [-0.39, 0.29) is 42.0 Å². The molecule has 1 saturated carbocycles. The number of carboxylic acids is 1. The van der Waals surface area contributed by atoms with Gasteiger partial charge in [-0.15, -0.1) is 0 Å². The third-order valence-corrected chi connectivity index (χ3v) is 11.5. The van der Waals surface area contributed by atoms with Crippen LogP contribution >= 0.6 is 0 Å². The van der Waals surface area contributed by atoms with Gasteiger partial charge in [-0.25, -0.2) is 8.42 Å². The number of carboxylic acid groups (broad SMARTS) is 1. The van der Waals surface area contributed by atoms with E-state index in [0.717, 1.165) is 12.5 Å². The zero-order chi connectivity index (χ0) is 34.5. The minimum atomic E-state index is -3.98. The Bertz CT molecular complexity index is 1760. The number of nitrogens with one attached hydrogen (secondary N) is 3. The largest absolute Gasteiger partial charge is 0.481 e. The standard InChI is InChI=1S/C34H41N7O7S/c42-28(23-5-4-6-25(19-23)39-34-37-17-18-40(34)33-35-15-16-36-33)13-14-30(44)38-21-24(32(45)46)20-29(43)31-22-9-11-26(12-10-22)41(31)49(47,48)27-7-2-1-3-8-27/h1-8,19,22,24,26,31H,9-18,20-21H2,(H,35,36)(H,37,39)(H,38,44)(H,45,46)/t22?,24-,26?,31?/m0/s1. The van der Waals surface area contributed by atoms with Crippen LogP contribution in [0.2, 0.25) is 0 Å². The zero-order valence-electron chi connectivity index (χ0n) is 27.1. The molecule has 1 aliphatic carbocycles. The number of aliphatic imine (C=N–C) groups is 2. The Morgan fingerprint density at radius 3 is 2.45 bits per heavy atom. The number of carbonyl (C=O) groups is 4. The van der Waals surface area contributed by atoms with Crippen molar-refractivity contribution in [3.8, 4) is 0 Å². The second-order valence-corrected chi connectivity index (χ2v) is 14.6. The van der Waals surface area contributed by atoms with Gasteiger partial charge in [-0.3, -0.25) is 34.1 Å². The minimum absolute atomic E-state index is 0.0992. The lowest BCUT2D eigenvalue weighted by molar-refractivity contribution is -0.145. The molecule has 4 N–H and O–H groups in total. The number of hydrogen-bond donors (Lipinski definition) is 4. The van der Waals surface area contributed by atoms with Crippen molar-refractivity contribution in [3.05, 3.63) is 60.2 Å². The Kier molecular flexibility index (Phi) is 10.4. The molecule has 2 aromatic carbocycles. The molecule has 2 saturated heterocycles. The summed E-state index contributed by atoms with van der Waals surface area (Å²) in [6, 6.07) is 13.6. The van der Waals surface area contributed by atoms with Crippen LogP contribution in [0.5, 0.6) is 0 Å². The molecule has 4 heterocycles. The molecule has 1 unspecified atom stereocenters. The first-order valence-corrected chi connectivity index (χ1v) is 18.2. The molecule has 0 aromatic heterocycles. The molecule has 14 nitrogen and oxygen atoms in total. The van der Waals surface area contributed by atoms with E-state index in [1.54, 1.807) is 36.4 Å². The van der Waals surface area contributed by atoms with Gasteiger partial charge in [0.2, 0.25) is 27.8 Å². The predicted molar refractivity (Wildman–Crippen MR) is 182 cm³/mol. The Balaban J connectivity index is 1.02. The summed E-state index contributed by atoms with van der Waals surface area (Å²) in [4.78, 5) is 62.5. The topological polar surface area (TPSA) is 190 Å². The van der Waals surface area contributed by atoms with E-state index in [1.165, 1.54) is 16.4 Å². The Morgan fingerprint density at radius 1 is 0.959 bits per heavy atom. The van der Waals surface area contributed by atoms with Gasteiger partial charge in [0, 0.05) is 56.2 Å². The lowest BCUT2D eigenvalue weighted by Gasteiger charge is -2.49. The Labute approximate surface area is 285 Å². The Hall–Kier alpha value is -4.63. The van der Waals surface area contributed by atoms with Crippen LogP contribution in [0.1, 0.15) is 55.3 Å². The van der Waals surface area contributed by atoms with Crippen molar-refractivity contribution in [1.29, 1.82) is 0 Å². The van der Waals surface area contributed by atoms with Gasteiger partial charge in [0.1, 0.15) is 0 Å². The van der Waals surface area contributed by atoms with E-state index in [2.05, 4.69) is 25.9 Å². The number of hydrogen-bond acceptors (Lipinski definition) is 11. The number of carbonyl (C=O) groups excluding carboxylic acids is 3. The van der Waals surface area contributed by atoms with Crippen LogP contribution in [-0.4, -0.2) is 103 Å². The van der Waals surface area contributed by atoms with Crippen LogP contribution in [0.15, 0.2) is 69.5 Å². The molecular weight excluding hydrogens is 650 g/mol. The van der Waals surface area contributed by atoms with Crippen LogP contribution in [0.3, 0.4) is 0 Å². The summed E-state index contributed by atoms with van der Waals surface area (Å²) in [5.41, 5.74) is 1.07. The normalized spacial score (nSPS) is 22.5. The lowest BCUT2D eigenvalue weighted by atomic mass is 9.74. The maximum absolute atomic E-state index is 13.7. The van der Waals surface area contributed by atoms with Crippen LogP contribution in [-0.2, 0) is 24.4 Å². The van der Waals surface area contributed by atoms with E-state index in [4.69, 9.17) is 0 Å². The molecule has 2 bridgehead atoms. The third kappa shape index (κ3) is 7.67. The van der Waals surface area contributed by atoms with Crippen molar-refractivity contribution in [3.63, 3.8) is 0 Å². The van der Waals surface area contributed by atoms with Gasteiger partial charge in [-0.05, 0) is 55.9 Å². The monoisotopic (exact) mass is 691 g/mol. The fourth-order valence-corrected chi connectivity index (χ4v) is 9.04. The zero-order valence-corrected chi connectivity index (χ0v) is 27.9. The summed E-state index contributed by atoms with van der Waals surface area (Å²) in [5.74, 6) is -2.56. The smallest absolute Gasteiger partial charge is 0.308 e. The number of nitrogens with zero attached hydrogens (tertiary/aromatic N) is 4. The third-order valence-electron chi connectivity index (χ3n) is 9.59. The fraction of sp³-hybridized carbons (Fsp3) is 0.471. The molecule has 3 fully saturated rings. The molecule has 0 spiro atoms. The first-order valence-electron chi connectivity index (χ1n) is 16.7. The van der Waals surface area contributed by atoms with Gasteiger partial charge in [0.15, 0.2) is 11.6 Å². The van der Waals surface area contributed by atoms with E-state index in [9.17, 15) is 32.7 Å². The lowest BCUT2D eigenvalue weighted by Crippen LogP contribution is -2.60. The molecule has 15 heteroatoms. The van der Waals surface area contributed by atoms with Crippen molar-refractivity contribution in [1.82, 2.24) is 19.8 Å². The quantitative estimate of drug-likeness (QED) is 0.226. The highest BCUT2D eigenvalue weighted by atomic mass is 32.2. The van der Waals surface area contributed by atoms with Crippen molar-refractivity contribution < 1.29 is 32.7 Å². The average molecular weight is 692 g/mol. The number of benzene rings is 2. The molecular formula is C34H41N7O7S. The number of fused-ring (bicyclic) bond motifs is 3. The number of sulfonamides is 1. The first kappa shape index (κ1) is 34.2. The predicted octanol–water partition coefficient (Wildman–Crippen LogP) is 2.10. The first-order chi connectivity index (χ1) is 23.6. The van der Waals surface area contributed by atoms with E-state index < -0.39 is 46.1 Å². The Morgan fingerprint density at radius 2 is 1.73 bits per heavy atom. The van der Waals surface area contributed by atoms with Crippen LogP contribution < -0.4 is 16.0 Å². The summed E-state index contributed by atoms with van der Waals surface area (Å²) in [6.45, 7) is 2.46. The van der Waals surface area contributed by atoms with E-state index in [1.807, 2.05) is 11.0 Å². The number of ketones is 2. The minimum Gasteiger partial charge on any atom is -0.481 e. The van der Waals surface area contributed by atoms with Gasteiger partial charge >= 0.3 is 5.97 Å². The number of Topliss-reactive ketones (excluding diaryl/α,β-unsaturated/α-hetero) is 2. The number of anilines is 1. The van der Waals surface area contributed by atoms with Crippen molar-refractivity contribution in [2.24, 2.45) is 21.8 Å². The summed E-state index contributed by atoms with van der Waals surface area (Å²) in [7, 11) is -3.98. The number of guanidine groups is 2. The summed E-state index contributed by atoms with van der Waals surface area (Å²) in [6.07, 6.45) is 2.01. The highest BCUT2D eigenvalue weighted by Crippen LogP contribution is 2.43. The van der Waals surface area contributed by atoms with Gasteiger partial charge < -0.3 is 21.1 Å². The SMILES string of the molecule is O=C(CCC(=O)c1cccc(NC2=NCCN2C2=NCCN2)c1)NC[C@H](CC(=O)C1C2CCC(CC2)N1S(=O)(=O)c1ccccc1)C(=O)O. The average Bonchev–Trinajstić information content (AvgIpc) is 3.82. The molecule has 1 amide bonds. The molecule has 2 atom stereocenters.